The fourth-order valence-corrected chi connectivity index (χ4v) is 4.88. The van der Waals surface area contributed by atoms with Gasteiger partial charge in [-0.05, 0) is 60.1 Å². The Labute approximate surface area is 158 Å². The van der Waals surface area contributed by atoms with Gasteiger partial charge in [0.05, 0.1) is 11.7 Å². The van der Waals surface area contributed by atoms with E-state index in [4.69, 9.17) is 0 Å². The van der Waals surface area contributed by atoms with Crippen molar-refractivity contribution in [2.75, 3.05) is 19.6 Å². The van der Waals surface area contributed by atoms with Gasteiger partial charge in [-0.1, -0.05) is 24.3 Å². The predicted octanol–water partition coefficient (Wildman–Crippen LogP) is 2.88. The molecule has 0 aromatic heterocycles. The number of rotatable bonds is 5. The Morgan fingerprint density at radius 1 is 1.00 bits per heavy atom. The molecule has 1 aliphatic heterocycles. The highest BCUT2D eigenvalue weighted by molar-refractivity contribution is 5.27. The van der Waals surface area contributed by atoms with Crippen LogP contribution in [0.5, 0.6) is 5.75 Å². The molecular formula is C22H26FNO3. The molecule has 4 atom stereocenters. The molecule has 1 unspecified atom stereocenters. The Hall–Kier alpha value is -1.95. The van der Waals surface area contributed by atoms with E-state index >= 15 is 0 Å². The summed E-state index contributed by atoms with van der Waals surface area (Å²) in [5, 5.41) is 30.8. The Kier molecular flexibility index (Phi) is 4.93. The molecule has 27 heavy (non-hydrogen) atoms. The van der Waals surface area contributed by atoms with Crippen LogP contribution in [0.4, 0.5) is 4.39 Å². The lowest BCUT2D eigenvalue weighted by Crippen LogP contribution is -2.33. The van der Waals surface area contributed by atoms with Crippen molar-refractivity contribution in [1.82, 2.24) is 4.90 Å². The zero-order chi connectivity index (χ0) is 19.0. The first-order chi connectivity index (χ1) is 12.9. The Morgan fingerprint density at radius 2 is 1.59 bits per heavy atom. The molecule has 0 spiro atoms. The van der Waals surface area contributed by atoms with E-state index in [1.54, 1.807) is 36.4 Å². The minimum Gasteiger partial charge on any atom is -0.508 e. The summed E-state index contributed by atoms with van der Waals surface area (Å²) in [6.45, 7) is 2.32. The maximum atomic E-state index is 13.1. The molecule has 2 aromatic rings. The lowest BCUT2D eigenvalue weighted by Gasteiger charge is -2.27. The van der Waals surface area contributed by atoms with Crippen LogP contribution in [0.25, 0.3) is 0 Å². The van der Waals surface area contributed by atoms with Crippen molar-refractivity contribution in [3.05, 3.63) is 65.5 Å². The second kappa shape index (κ2) is 7.23. The second-order valence-corrected chi connectivity index (χ2v) is 8.28. The third-order valence-corrected chi connectivity index (χ3v) is 6.09. The van der Waals surface area contributed by atoms with Crippen molar-refractivity contribution in [2.45, 2.75) is 31.0 Å². The zero-order valence-corrected chi connectivity index (χ0v) is 15.3. The van der Waals surface area contributed by atoms with Crippen molar-refractivity contribution in [3.63, 3.8) is 0 Å². The molecule has 0 bridgehead atoms. The topological polar surface area (TPSA) is 63.9 Å². The number of nitrogens with zero attached hydrogens (tertiary/aromatic N) is 1. The number of hydrogen-bond donors (Lipinski definition) is 3. The molecule has 0 radical (unpaired) electrons. The monoisotopic (exact) mass is 371 g/mol. The third kappa shape index (κ3) is 4.15. The molecule has 5 heteroatoms. The molecule has 1 heterocycles. The number of β-amino-alcohol motifs (C(OH)–C–C–N with tert-alkyl or cyclic N) is 1. The molecule has 4 nitrogen and oxygen atoms in total. The van der Waals surface area contributed by atoms with E-state index < -0.39 is 11.7 Å². The van der Waals surface area contributed by atoms with Gasteiger partial charge in [-0.2, -0.15) is 0 Å². The molecule has 1 saturated heterocycles. The normalized spacial score (nSPS) is 29.0. The van der Waals surface area contributed by atoms with E-state index in [2.05, 4.69) is 4.90 Å². The zero-order valence-electron chi connectivity index (χ0n) is 15.3. The molecule has 144 valence electrons. The second-order valence-electron chi connectivity index (χ2n) is 8.28. The first-order valence-corrected chi connectivity index (χ1v) is 9.56. The summed E-state index contributed by atoms with van der Waals surface area (Å²) in [4.78, 5) is 2.27. The molecular weight excluding hydrogens is 345 g/mol. The fourth-order valence-electron chi connectivity index (χ4n) is 4.88. The largest absolute Gasteiger partial charge is 0.508 e. The van der Waals surface area contributed by atoms with Gasteiger partial charge in [-0.25, -0.2) is 4.39 Å². The number of aromatic hydroxyl groups is 1. The number of halogens is 1. The van der Waals surface area contributed by atoms with Crippen LogP contribution in [0.15, 0.2) is 48.5 Å². The Morgan fingerprint density at radius 3 is 2.19 bits per heavy atom. The summed E-state index contributed by atoms with van der Waals surface area (Å²) in [6, 6.07) is 13.1. The quantitative estimate of drug-likeness (QED) is 0.756. The van der Waals surface area contributed by atoms with Gasteiger partial charge in [0.15, 0.2) is 0 Å². The van der Waals surface area contributed by atoms with Gasteiger partial charge in [0.25, 0.3) is 0 Å². The summed E-state index contributed by atoms with van der Waals surface area (Å²) in [5.41, 5.74) is 1.06. The van der Waals surface area contributed by atoms with Crippen LogP contribution in [0, 0.1) is 17.7 Å². The number of benzene rings is 2. The van der Waals surface area contributed by atoms with Crippen molar-refractivity contribution in [1.29, 1.82) is 0 Å². The van der Waals surface area contributed by atoms with Gasteiger partial charge in [0.1, 0.15) is 11.6 Å². The van der Waals surface area contributed by atoms with Crippen LogP contribution in [0.2, 0.25) is 0 Å². The average Bonchev–Trinajstić information content (AvgIpc) is 3.11. The van der Waals surface area contributed by atoms with Crippen molar-refractivity contribution >= 4 is 0 Å². The van der Waals surface area contributed by atoms with Gasteiger partial charge in [0, 0.05) is 26.1 Å². The highest BCUT2D eigenvalue weighted by atomic mass is 19.1. The number of aliphatic hydroxyl groups is 2. The SMILES string of the molecule is Oc1ccc(C(O)CN2C[C@@H]3C[C@](O)(Cc4ccc(F)cc4)C[C@@H]3C2)cc1. The van der Waals surface area contributed by atoms with E-state index in [9.17, 15) is 19.7 Å². The van der Waals surface area contributed by atoms with Gasteiger partial charge >= 0.3 is 0 Å². The van der Waals surface area contributed by atoms with Crippen molar-refractivity contribution in [3.8, 4) is 5.75 Å². The standard InChI is InChI=1S/C22H26FNO3/c23-19-5-1-15(2-6-19)9-22(27)10-17-12-24(13-18(17)11-22)14-21(26)16-3-7-20(25)8-4-16/h1-8,17-18,21,25-27H,9-14H2/t17-,18+,21?,22+. The number of hydrogen-bond acceptors (Lipinski definition) is 4. The molecule has 0 amide bonds. The van der Waals surface area contributed by atoms with Gasteiger partial charge in [-0.3, -0.25) is 4.90 Å². The average molecular weight is 371 g/mol. The lowest BCUT2D eigenvalue weighted by atomic mass is 9.91. The molecule has 1 saturated carbocycles. The molecule has 2 aliphatic rings. The van der Waals surface area contributed by atoms with Crippen molar-refractivity contribution < 1.29 is 19.7 Å². The molecule has 4 rings (SSSR count). The Balaban J connectivity index is 1.32. The van der Waals surface area contributed by atoms with Gasteiger partial charge < -0.3 is 15.3 Å². The fraction of sp³-hybridized carbons (Fsp3) is 0.455. The smallest absolute Gasteiger partial charge is 0.123 e. The number of aliphatic hydroxyl groups excluding tert-OH is 1. The van der Waals surface area contributed by atoms with Gasteiger partial charge in [-0.15, -0.1) is 0 Å². The number of phenols is 1. The summed E-state index contributed by atoms with van der Waals surface area (Å²) in [5.74, 6) is 0.809. The third-order valence-electron chi connectivity index (χ3n) is 6.09. The minimum absolute atomic E-state index is 0.196. The van der Waals surface area contributed by atoms with Gasteiger partial charge in [0.2, 0.25) is 0 Å². The van der Waals surface area contributed by atoms with E-state index in [0.29, 0.717) is 24.8 Å². The van der Waals surface area contributed by atoms with Crippen LogP contribution in [-0.2, 0) is 6.42 Å². The van der Waals surface area contributed by atoms with E-state index in [1.807, 2.05) is 0 Å². The van der Waals surface area contributed by atoms with Crippen LogP contribution < -0.4 is 0 Å². The first kappa shape index (κ1) is 18.4. The minimum atomic E-state index is -0.713. The molecule has 2 aromatic carbocycles. The molecule has 2 fully saturated rings. The summed E-state index contributed by atoms with van der Waals surface area (Å²) in [7, 11) is 0. The van der Waals surface area contributed by atoms with Crippen molar-refractivity contribution in [2.24, 2.45) is 11.8 Å². The maximum absolute atomic E-state index is 13.1. The molecule has 3 N–H and O–H groups in total. The summed E-state index contributed by atoms with van der Waals surface area (Å²) in [6.07, 6.45) is 1.49. The first-order valence-electron chi connectivity index (χ1n) is 9.56. The Bertz CT molecular complexity index is 763. The number of likely N-dealkylation sites (tertiary alicyclic amines) is 1. The number of phenolic OH excluding ortho intramolecular Hbond substituents is 1. The summed E-state index contributed by atoms with van der Waals surface area (Å²) >= 11 is 0. The van der Waals surface area contributed by atoms with Crippen LogP contribution >= 0.6 is 0 Å². The predicted molar refractivity (Wildman–Crippen MR) is 101 cm³/mol. The lowest BCUT2D eigenvalue weighted by molar-refractivity contribution is 0.0328. The van der Waals surface area contributed by atoms with Crippen LogP contribution in [0.3, 0.4) is 0 Å². The number of fused-ring (bicyclic) bond motifs is 1. The maximum Gasteiger partial charge on any atom is 0.123 e. The van der Waals surface area contributed by atoms with Crippen LogP contribution in [-0.4, -0.2) is 45.5 Å². The summed E-state index contributed by atoms with van der Waals surface area (Å²) < 4.78 is 13.1. The molecule has 1 aliphatic carbocycles. The van der Waals surface area contributed by atoms with E-state index in [0.717, 1.165) is 37.1 Å². The highest BCUT2D eigenvalue weighted by Gasteiger charge is 2.48. The van der Waals surface area contributed by atoms with E-state index in [1.165, 1.54) is 12.1 Å². The van der Waals surface area contributed by atoms with E-state index in [-0.39, 0.29) is 11.6 Å². The highest BCUT2D eigenvalue weighted by Crippen LogP contribution is 2.45. The van der Waals surface area contributed by atoms with Crippen LogP contribution in [0.1, 0.15) is 30.1 Å².